The molecule has 0 aliphatic rings. The second-order valence-electron chi connectivity index (χ2n) is 4.29. The predicted octanol–water partition coefficient (Wildman–Crippen LogP) is 3.86. The van der Waals surface area contributed by atoms with Crippen LogP contribution in [0.3, 0.4) is 0 Å². The van der Waals surface area contributed by atoms with Crippen LogP contribution in [0.15, 0.2) is 42.5 Å². The Balaban J connectivity index is 2.15. The second-order valence-corrected chi connectivity index (χ2v) is 4.29. The summed E-state index contributed by atoms with van der Waals surface area (Å²) in [6, 6.07) is 12.9. The van der Waals surface area contributed by atoms with Gasteiger partial charge in [0, 0.05) is 0 Å². The van der Waals surface area contributed by atoms with Gasteiger partial charge in [0.15, 0.2) is 5.75 Å². The van der Waals surface area contributed by atoms with E-state index in [1.54, 1.807) is 7.11 Å². The van der Waals surface area contributed by atoms with Gasteiger partial charge in [-0.05, 0) is 42.8 Å². The number of para-hydroxylation sites is 1. The Morgan fingerprint density at radius 3 is 2.25 bits per heavy atom. The predicted molar refractivity (Wildman–Crippen MR) is 79.7 cm³/mol. The van der Waals surface area contributed by atoms with Crippen LogP contribution in [0.4, 0.5) is 5.69 Å². The molecule has 0 bridgehead atoms. The molecular weight excluding hydrogens is 254 g/mol. The molecule has 20 heavy (non-hydrogen) atoms. The number of hydrogen-bond donors (Lipinski definition) is 1. The van der Waals surface area contributed by atoms with Crippen LogP contribution in [0.1, 0.15) is 13.3 Å². The molecule has 0 fully saturated rings. The molecule has 2 rings (SSSR count). The zero-order valence-electron chi connectivity index (χ0n) is 11.8. The first-order valence-electron chi connectivity index (χ1n) is 6.57. The largest absolute Gasteiger partial charge is 0.497 e. The van der Waals surface area contributed by atoms with E-state index in [2.05, 4.69) is 0 Å². The lowest BCUT2D eigenvalue weighted by Gasteiger charge is -2.13. The molecule has 2 N–H and O–H groups in total. The van der Waals surface area contributed by atoms with Crippen LogP contribution >= 0.6 is 0 Å². The first-order chi connectivity index (χ1) is 9.74. The molecule has 0 saturated heterocycles. The standard InChI is InChI=1S/C16H19NO3/c1-3-11-19-14-5-4-6-15(16(14)17)20-13-9-7-12(18-2)8-10-13/h4-10H,3,11,17H2,1-2H3. The summed E-state index contributed by atoms with van der Waals surface area (Å²) in [6.07, 6.45) is 0.934. The molecule has 4 heteroatoms. The molecule has 106 valence electrons. The van der Waals surface area contributed by atoms with Crippen molar-refractivity contribution < 1.29 is 14.2 Å². The SMILES string of the molecule is CCCOc1cccc(Oc2ccc(OC)cc2)c1N. The maximum Gasteiger partial charge on any atom is 0.154 e. The lowest BCUT2D eigenvalue weighted by molar-refractivity contribution is 0.318. The van der Waals surface area contributed by atoms with Gasteiger partial charge in [0.25, 0.3) is 0 Å². The van der Waals surface area contributed by atoms with Gasteiger partial charge in [-0.25, -0.2) is 0 Å². The van der Waals surface area contributed by atoms with E-state index in [0.29, 0.717) is 29.5 Å². The summed E-state index contributed by atoms with van der Waals surface area (Å²) in [4.78, 5) is 0. The van der Waals surface area contributed by atoms with E-state index in [-0.39, 0.29) is 0 Å². The Morgan fingerprint density at radius 1 is 0.950 bits per heavy atom. The van der Waals surface area contributed by atoms with Crippen molar-refractivity contribution in [1.29, 1.82) is 0 Å². The summed E-state index contributed by atoms with van der Waals surface area (Å²) in [5.74, 6) is 2.72. The van der Waals surface area contributed by atoms with Crippen molar-refractivity contribution in [3.63, 3.8) is 0 Å². The normalized spacial score (nSPS) is 10.1. The number of ether oxygens (including phenoxy) is 3. The number of hydrogen-bond acceptors (Lipinski definition) is 4. The van der Waals surface area contributed by atoms with E-state index in [0.717, 1.165) is 12.2 Å². The minimum atomic E-state index is 0.511. The molecule has 0 heterocycles. The second kappa shape index (κ2) is 6.70. The fraction of sp³-hybridized carbons (Fsp3) is 0.250. The summed E-state index contributed by atoms with van der Waals surface area (Å²) in [6.45, 7) is 2.68. The third-order valence-corrected chi connectivity index (χ3v) is 2.78. The van der Waals surface area contributed by atoms with Gasteiger partial charge in [-0.15, -0.1) is 0 Å². The van der Waals surface area contributed by atoms with E-state index in [4.69, 9.17) is 19.9 Å². The van der Waals surface area contributed by atoms with Gasteiger partial charge < -0.3 is 19.9 Å². The molecule has 0 radical (unpaired) electrons. The molecule has 0 aliphatic carbocycles. The molecule has 0 saturated carbocycles. The van der Waals surface area contributed by atoms with Gasteiger partial charge in [0.2, 0.25) is 0 Å². The molecule has 2 aromatic carbocycles. The quantitative estimate of drug-likeness (QED) is 0.812. The van der Waals surface area contributed by atoms with Gasteiger partial charge in [-0.3, -0.25) is 0 Å². The molecule has 0 aliphatic heterocycles. The van der Waals surface area contributed by atoms with Crippen LogP contribution in [0.25, 0.3) is 0 Å². The van der Waals surface area contributed by atoms with Crippen LogP contribution in [0.2, 0.25) is 0 Å². The zero-order valence-corrected chi connectivity index (χ0v) is 11.8. The summed E-state index contributed by atoms with van der Waals surface area (Å²) in [5.41, 5.74) is 6.56. The van der Waals surface area contributed by atoms with Crippen molar-refractivity contribution in [2.75, 3.05) is 19.5 Å². The lowest BCUT2D eigenvalue weighted by Crippen LogP contribution is -2.00. The summed E-state index contributed by atoms with van der Waals surface area (Å²) >= 11 is 0. The van der Waals surface area contributed by atoms with E-state index in [1.165, 1.54) is 0 Å². The van der Waals surface area contributed by atoms with Crippen molar-refractivity contribution in [2.45, 2.75) is 13.3 Å². The number of nitrogen functional groups attached to an aromatic ring is 1. The van der Waals surface area contributed by atoms with Crippen molar-refractivity contribution in [1.82, 2.24) is 0 Å². The first-order valence-corrected chi connectivity index (χ1v) is 6.57. The molecule has 2 aromatic rings. The number of benzene rings is 2. The number of rotatable bonds is 6. The molecule has 0 amide bonds. The molecular formula is C16H19NO3. The van der Waals surface area contributed by atoms with E-state index in [9.17, 15) is 0 Å². The van der Waals surface area contributed by atoms with Gasteiger partial charge in [-0.2, -0.15) is 0 Å². The van der Waals surface area contributed by atoms with Crippen molar-refractivity contribution in [2.24, 2.45) is 0 Å². The molecule has 0 spiro atoms. The van der Waals surface area contributed by atoms with Crippen LogP contribution in [0, 0.1) is 0 Å². The Labute approximate surface area is 119 Å². The number of anilines is 1. The summed E-state index contributed by atoms with van der Waals surface area (Å²) in [5, 5.41) is 0. The third kappa shape index (κ3) is 3.35. The molecule has 0 atom stereocenters. The Morgan fingerprint density at radius 2 is 1.60 bits per heavy atom. The minimum Gasteiger partial charge on any atom is -0.497 e. The van der Waals surface area contributed by atoms with Gasteiger partial charge >= 0.3 is 0 Å². The monoisotopic (exact) mass is 273 g/mol. The summed E-state index contributed by atoms with van der Waals surface area (Å²) in [7, 11) is 1.63. The van der Waals surface area contributed by atoms with Crippen molar-refractivity contribution in [3.8, 4) is 23.0 Å². The van der Waals surface area contributed by atoms with Crippen molar-refractivity contribution in [3.05, 3.63) is 42.5 Å². The maximum absolute atomic E-state index is 6.05. The molecule has 0 aromatic heterocycles. The zero-order chi connectivity index (χ0) is 14.4. The first kappa shape index (κ1) is 14.1. The number of nitrogens with two attached hydrogens (primary N) is 1. The van der Waals surface area contributed by atoms with Gasteiger partial charge in [0.1, 0.15) is 22.9 Å². The highest BCUT2D eigenvalue weighted by molar-refractivity contribution is 5.63. The van der Waals surface area contributed by atoms with Gasteiger partial charge in [0.05, 0.1) is 13.7 Å². The average Bonchev–Trinajstić information content (AvgIpc) is 2.49. The Bertz CT molecular complexity index is 552. The maximum atomic E-state index is 6.05. The Hall–Kier alpha value is -2.36. The third-order valence-electron chi connectivity index (χ3n) is 2.78. The fourth-order valence-electron chi connectivity index (χ4n) is 1.72. The molecule has 4 nitrogen and oxygen atoms in total. The lowest BCUT2D eigenvalue weighted by atomic mass is 10.2. The van der Waals surface area contributed by atoms with Crippen LogP contribution in [-0.2, 0) is 0 Å². The minimum absolute atomic E-state index is 0.511. The highest BCUT2D eigenvalue weighted by Gasteiger charge is 2.08. The topological polar surface area (TPSA) is 53.7 Å². The summed E-state index contributed by atoms with van der Waals surface area (Å²) < 4.78 is 16.5. The highest BCUT2D eigenvalue weighted by Crippen LogP contribution is 2.34. The fourth-order valence-corrected chi connectivity index (χ4v) is 1.72. The highest BCUT2D eigenvalue weighted by atomic mass is 16.5. The van der Waals surface area contributed by atoms with Gasteiger partial charge in [-0.1, -0.05) is 13.0 Å². The van der Waals surface area contributed by atoms with Crippen molar-refractivity contribution >= 4 is 5.69 Å². The molecule has 0 unspecified atom stereocenters. The Kier molecular flexibility index (Phi) is 4.71. The van der Waals surface area contributed by atoms with E-state index < -0.39 is 0 Å². The van der Waals surface area contributed by atoms with Crippen LogP contribution in [-0.4, -0.2) is 13.7 Å². The number of methoxy groups -OCH3 is 1. The van der Waals surface area contributed by atoms with Crippen LogP contribution < -0.4 is 19.9 Å². The van der Waals surface area contributed by atoms with E-state index in [1.807, 2.05) is 49.4 Å². The smallest absolute Gasteiger partial charge is 0.154 e. The van der Waals surface area contributed by atoms with Crippen LogP contribution in [0.5, 0.6) is 23.0 Å². The van der Waals surface area contributed by atoms with E-state index >= 15 is 0 Å². The average molecular weight is 273 g/mol.